The first-order chi connectivity index (χ1) is 13.2. The molecule has 0 aliphatic carbocycles. The highest BCUT2D eigenvalue weighted by Gasteiger charge is 2.40. The van der Waals surface area contributed by atoms with Crippen LogP contribution >= 0.6 is 0 Å². The summed E-state index contributed by atoms with van der Waals surface area (Å²) in [5, 5.41) is 3.19. The molecule has 1 amide bonds. The molecule has 2 saturated heterocycles. The van der Waals surface area contributed by atoms with Crippen molar-refractivity contribution in [2.45, 2.75) is 25.0 Å². The fraction of sp³-hybridized carbons (Fsp3) is 0.450. The minimum atomic E-state index is -0.472. The van der Waals surface area contributed by atoms with Crippen LogP contribution in [0.3, 0.4) is 0 Å². The number of likely N-dealkylation sites (tertiary alicyclic amines) is 1. The molecule has 2 aliphatic heterocycles. The predicted molar refractivity (Wildman–Crippen MR) is 100 cm³/mol. The van der Waals surface area contributed by atoms with E-state index in [1.807, 2.05) is 23.1 Å². The summed E-state index contributed by atoms with van der Waals surface area (Å²) in [6.45, 7) is 3.26. The van der Waals surface area contributed by atoms with Gasteiger partial charge in [-0.05, 0) is 12.0 Å². The zero-order valence-electron chi connectivity index (χ0n) is 15.3. The third-order valence-corrected chi connectivity index (χ3v) is 5.06. The van der Waals surface area contributed by atoms with Gasteiger partial charge in [0.2, 0.25) is 5.95 Å². The molecule has 1 spiro atoms. The van der Waals surface area contributed by atoms with Crippen LogP contribution in [0.1, 0.15) is 28.8 Å². The lowest BCUT2D eigenvalue weighted by atomic mass is 10.0. The molecule has 1 aromatic heterocycles. The van der Waals surface area contributed by atoms with E-state index in [1.54, 1.807) is 12.4 Å². The molecular formula is C20H24N4O3. The first kappa shape index (κ1) is 17.9. The molecule has 0 unspecified atom stereocenters. The van der Waals surface area contributed by atoms with Gasteiger partial charge in [-0.2, -0.15) is 0 Å². The van der Waals surface area contributed by atoms with Gasteiger partial charge in [0.05, 0.1) is 18.8 Å². The highest BCUT2D eigenvalue weighted by molar-refractivity contribution is 5.93. The van der Waals surface area contributed by atoms with Crippen molar-refractivity contribution in [3.05, 3.63) is 53.9 Å². The molecule has 2 fully saturated rings. The number of ether oxygens (including phenoxy) is 2. The van der Waals surface area contributed by atoms with Crippen LogP contribution in [-0.4, -0.2) is 59.4 Å². The Balaban J connectivity index is 1.27. The molecule has 2 aromatic rings. The van der Waals surface area contributed by atoms with E-state index in [-0.39, 0.29) is 5.91 Å². The fourth-order valence-corrected chi connectivity index (χ4v) is 3.51. The number of piperidine rings is 1. The Labute approximate surface area is 158 Å². The molecular weight excluding hydrogens is 344 g/mol. The molecule has 0 atom stereocenters. The summed E-state index contributed by atoms with van der Waals surface area (Å²) in [6, 6.07) is 10.2. The van der Waals surface area contributed by atoms with E-state index in [4.69, 9.17) is 9.47 Å². The second-order valence-corrected chi connectivity index (χ2v) is 6.86. The lowest BCUT2D eigenvalue weighted by molar-refractivity contribution is -0.181. The van der Waals surface area contributed by atoms with E-state index in [9.17, 15) is 4.79 Å². The number of hydrogen-bond donors (Lipinski definition) is 1. The Morgan fingerprint density at radius 3 is 2.41 bits per heavy atom. The largest absolute Gasteiger partial charge is 0.354 e. The average molecular weight is 368 g/mol. The number of nitrogens with zero attached hydrogens (tertiary/aromatic N) is 3. The normalized spacial score (nSPS) is 18.6. The number of nitrogens with one attached hydrogen (secondary N) is 1. The van der Waals surface area contributed by atoms with Crippen LogP contribution in [0.4, 0.5) is 5.95 Å². The number of carbonyl (C=O) groups excluding carboxylic acids is 1. The zero-order valence-corrected chi connectivity index (χ0v) is 15.3. The quantitative estimate of drug-likeness (QED) is 0.871. The minimum Gasteiger partial charge on any atom is -0.354 e. The van der Waals surface area contributed by atoms with E-state index < -0.39 is 5.79 Å². The van der Waals surface area contributed by atoms with Crippen LogP contribution in [0.5, 0.6) is 0 Å². The van der Waals surface area contributed by atoms with E-state index in [1.165, 1.54) is 5.56 Å². The Kier molecular flexibility index (Phi) is 5.31. The lowest BCUT2D eigenvalue weighted by Gasteiger charge is -2.37. The molecule has 7 nitrogen and oxygen atoms in total. The van der Waals surface area contributed by atoms with Crippen LogP contribution < -0.4 is 5.32 Å². The van der Waals surface area contributed by atoms with Crippen molar-refractivity contribution in [1.82, 2.24) is 14.9 Å². The molecule has 2 aliphatic rings. The summed E-state index contributed by atoms with van der Waals surface area (Å²) in [5.74, 6) is 0.0197. The molecule has 4 rings (SSSR count). The molecule has 142 valence electrons. The van der Waals surface area contributed by atoms with Crippen molar-refractivity contribution in [2.75, 3.05) is 38.2 Å². The zero-order chi connectivity index (χ0) is 18.5. The average Bonchev–Trinajstić information content (AvgIpc) is 3.17. The van der Waals surface area contributed by atoms with Gasteiger partial charge in [-0.3, -0.25) is 4.79 Å². The summed E-state index contributed by atoms with van der Waals surface area (Å²) < 4.78 is 11.4. The number of aromatic nitrogens is 2. The van der Waals surface area contributed by atoms with Gasteiger partial charge in [-0.15, -0.1) is 0 Å². The van der Waals surface area contributed by atoms with E-state index in [0.29, 0.717) is 50.7 Å². The molecule has 0 saturated carbocycles. The summed E-state index contributed by atoms with van der Waals surface area (Å²) >= 11 is 0. The third-order valence-electron chi connectivity index (χ3n) is 5.06. The Bertz CT molecular complexity index is 751. The number of anilines is 1. The van der Waals surface area contributed by atoms with Crippen molar-refractivity contribution in [1.29, 1.82) is 0 Å². The Morgan fingerprint density at radius 2 is 1.74 bits per heavy atom. The van der Waals surface area contributed by atoms with Crippen LogP contribution in [0.15, 0.2) is 42.7 Å². The van der Waals surface area contributed by atoms with Crippen LogP contribution in [0.25, 0.3) is 0 Å². The smallest absolute Gasteiger partial charge is 0.256 e. The second-order valence-electron chi connectivity index (χ2n) is 6.86. The maximum absolute atomic E-state index is 12.7. The van der Waals surface area contributed by atoms with Crippen LogP contribution in [0, 0.1) is 0 Å². The van der Waals surface area contributed by atoms with Crippen LogP contribution in [-0.2, 0) is 15.9 Å². The highest BCUT2D eigenvalue weighted by atomic mass is 16.7. The van der Waals surface area contributed by atoms with E-state index in [2.05, 4.69) is 27.4 Å². The first-order valence-electron chi connectivity index (χ1n) is 9.41. The summed E-state index contributed by atoms with van der Waals surface area (Å²) in [4.78, 5) is 23.0. The Hall–Kier alpha value is -2.51. The monoisotopic (exact) mass is 368 g/mol. The van der Waals surface area contributed by atoms with Gasteiger partial charge in [-0.25, -0.2) is 9.97 Å². The maximum Gasteiger partial charge on any atom is 0.256 e. The van der Waals surface area contributed by atoms with Crippen molar-refractivity contribution < 1.29 is 14.3 Å². The summed E-state index contributed by atoms with van der Waals surface area (Å²) in [7, 11) is 0. The van der Waals surface area contributed by atoms with Gasteiger partial charge in [0, 0.05) is 44.9 Å². The number of amides is 1. The standard InChI is InChI=1S/C20H24N4O3/c25-18(24-10-7-20(8-11-24)26-12-13-27-20)17-14-22-19(23-15-17)21-9-6-16-4-2-1-3-5-16/h1-5,14-15H,6-13H2,(H,21,22,23). The SMILES string of the molecule is O=C(c1cnc(NCCc2ccccc2)nc1)N1CCC2(CC1)OCCO2. The van der Waals surface area contributed by atoms with Crippen molar-refractivity contribution in [3.8, 4) is 0 Å². The molecule has 0 bridgehead atoms. The summed E-state index contributed by atoms with van der Waals surface area (Å²) in [6.07, 6.45) is 5.49. The molecule has 7 heteroatoms. The van der Waals surface area contributed by atoms with Gasteiger partial charge in [0.1, 0.15) is 0 Å². The van der Waals surface area contributed by atoms with Gasteiger partial charge >= 0.3 is 0 Å². The second kappa shape index (κ2) is 8.02. The number of rotatable bonds is 5. The molecule has 1 aromatic carbocycles. The maximum atomic E-state index is 12.7. The Morgan fingerprint density at radius 1 is 1.07 bits per heavy atom. The molecule has 1 N–H and O–H groups in total. The van der Waals surface area contributed by atoms with Gasteiger partial charge < -0.3 is 19.7 Å². The van der Waals surface area contributed by atoms with Gasteiger partial charge in [-0.1, -0.05) is 30.3 Å². The molecule has 3 heterocycles. The van der Waals surface area contributed by atoms with Crippen molar-refractivity contribution in [3.63, 3.8) is 0 Å². The number of hydrogen-bond acceptors (Lipinski definition) is 6. The highest BCUT2D eigenvalue weighted by Crippen LogP contribution is 2.31. The molecule has 27 heavy (non-hydrogen) atoms. The van der Waals surface area contributed by atoms with E-state index in [0.717, 1.165) is 13.0 Å². The van der Waals surface area contributed by atoms with Crippen LogP contribution in [0.2, 0.25) is 0 Å². The van der Waals surface area contributed by atoms with E-state index >= 15 is 0 Å². The topological polar surface area (TPSA) is 76.6 Å². The van der Waals surface area contributed by atoms with Crippen molar-refractivity contribution in [2.24, 2.45) is 0 Å². The predicted octanol–water partition coefficient (Wildman–Crippen LogP) is 2.11. The van der Waals surface area contributed by atoms with Gasteiger partial charge in [0.15, 0.2) is 5.79 Å². The third kappa shape index (κ3) is 4.26. The first-order valence-corrected chi connectivity index (χ1v) is 9.41. The fourth-order valence-electron chi connectivity index (χ4n) is 3.51. The molecule has 0 radical (unpaired) electrons. The summed E-state index contributed by atoms with van der Waals surface area (Å²) in [5.41, 5.74) is 1.77. The lowest BCUT2D eigenvalue weighted by Crippen LogP contribution is -2.47. The van der Waals surface area contributed by atoms with Gasteiger partial charge in [0.25, 0.3) is 5.91 Å². The number of carbonyl (C=O) groups is 1. The number of benzene rings is 1. The minimum absolute atomic E-state index is 0.0429. The van der Waals surface area contributed by atoms with Crippen molar-refractivity contribution >= 4 is 11.9 Å².